The van der Waals surface area contributed by atoms with E-state index in [4.69, 9.17) is 21.4 Å². The summed E-state index contributed by atoms with van der Waals surface area (Å²) in [5.74, 6) is -0.974. The van der Waals surface area contributed by atoms with E-state index in [0.717, 1.165) is 18.8 Å². The molecule has 1 aromatic rings. The summed E-state index contributed by atoms with van der Waals surface area (Å²) in [5, 5.41) is 9.29. The molecular formula is C12H16ClNO3. The number of ether oxygens (including phenoxy) is 1. The maximum absolute atomic E-state index is 10.8. The number of aromatic carboxylic acids is 1. The number of rotatable bonds is 6. The molecule has 1 aromatic carbocycles. The number of methoxy groups -OCH3 is 1. The molecule has 0 bridgehead atoms. The number of carboxylic acids is 1. The summed E-state index contributed by atoms with van der Waals surface area (Å²) in [6.07, 6.45) is 0. The van der Waals surface area contributed by atoms with Crippen LogP contribution in [0.2, 0.25) is 5.02 Å². The number of likely N-dealkylation sites (N-methyl/N-ethyl adjacent to an activating group) is 1. The molecule has 0 aromatic heterocycles. The fourth-order valence-electron chi connectivity index (χ4n) is 1.55. The SMILES string of the molecule is CCN(CCOC)c1ccc(C(=O)O)cc1Cl. The van der Waals surface area contributed by atoms with E-state index in [2.05, 4.69) is 0 Å². The van der Waals surface area contributed by atoms with Crippen LogP contribution in [-0.4, -0.2) is 37.9 Å². The van der Waals surface area contributed by atoms with E-state index in [1.807, 2.05) is 11.8 Å². The fraction of sp³-hybridized carbons (Fsp3) is 0.417. The monoisotopic (exact) mass is 257 g/mol. The zero-order chi connectivity index (χ0) is 12.8. The van der Waals surface area contributed by atoms with Crippen molar-refractivity contribution >= 4 is 23.3 Å². The van der Waals surface area contributed by atoms with Gasteiger partial charge in [0.1, 0.15) is 0 Å². The zero-order valence-electron chi connectivity index (χ0n) is 9.94. The van der Waals surface area contributed by atoms with Gasteiger partial charge in [-0.1, -0.05) is 11.6 Å². The third-order valence-corrected chi connectivity index (χ3v) is 2.79. The van der Waals surface area contributed by atoms with Crippen LogP contribution in [-0.2, 0) is 4.74 Å². The van der Waals surface area contributed by atoms with Crippen molar-refractivity contribution in [2.45, 2.75) is 6.92 Å². The highest BCUT2D eigenvalue weighted by molar-refractivity contribution is 6.33. The van der Waals surface area contributed by atoms with Gasteiger partial charge < -0.3 is 14.7 Å². The quantitative estimate of drug-likeness (QED) is 0.851. The lowest BCUT2D eigenvalue weighted by Gasteiger charge is -2.23. The molecule has 17 heavy (non-hydrogen) atoms. The van der Waals surface area contributed by atoms with Crippen LogP contribution in [0.3, 0.4) is 0 Å². The first-order valence-electron chi connectivity index (χ1n) is 5.36. The average Bonchev–Trinajstić information content (AvgIpc) is 2.31. The molecule has 0 aliphatic rings. The third-order valence-electron chi connectivity index (χ3n) is 2.48. The molecule has 0 heterocycles. The molecule has 0 aliphatic carbocycles. The van der Waals surface area contributed by atoms with E-state index in [1.54, 1.807) is 19.2 Å². The molecule has 4 nitrogen and oxygen atoms in total. The van der Waals surface area contributed by atoms with Crippen LogP contribution >= 0.6 is 11.6 Å². The Hall–Kier alpha value is -1.26. The molecule has 0 unspecified atom stereocenters. The predicted octanol–water partition coefficient (Wildman–Crippen LogP) is 2.51. The van der Waals surface area contributed by atoms with Gasteiger partial charge in [-0.3, -0.25) is 0 Å². The van der Waals surface area contributed by atoms with Crippen molar-refractivity contribution < 1.29 is 14.6 Å². The van der Waals surface area contributed by atoms with Crippen molar-refractivity contribution in [2.24, 2.45) is 0 Å². The molecule has 0 amide bonds. The van der Waals surface area contributed by atoms with Crippen LogP contribution in [0.15, 0.2) is 18.2 Å². The van der Waals surface area contributed by atoms with E-state index in [-0.39, 0.29) is 5.56 Å². The van der Waals surface area contributed by atoms with Crippen LogP contribution in [0.4, 0.5) is 5.69 Å². The minimum Gasteiger partial charge on any atom is -0.478 e. The first-order valence-corrected chi connectivity index (χ1v) is 5.74. The highest BCUT2D eigenvalue weighted by Gasteiger charge is 2.11. The minimum atomic E-state index is -0.974. The van der Waals surface area contributed by atoms with Gasteiger partial charge in [0.15, 0.2) is 0 Å². The Bertz CT molecular complexity index is 395. The molecule has 0 saturated heterocycles. The Morgan fingerprint density at radius 3 is 2.71 bits per heavy atom. The molecule has 0 saturated carbocycles. The van der Waals surface area contributed by atoms with Crippen LogP contribution in [0.1, 0.15) is 17.3 Å². The number of hydrogen-bond acceptors (Lipinski definition) is 3. The highest BCUT2D eigenvalue weighted by atomic mass is 35.5. The van der Waals surface area contributed by atoms with Gasteiger partial charge >= 0.3 is 5.97 Å². The van der Waals surface area contributed by atoms with Gasteiger partial charge in [-0.15, -0.1) is 0 Å². The molecule has 0 fully saturated rings. The van der Waals surface area contributed by atoms with Gasteiger partial charge in [-0.05, 0) is 25.1 Å². The van der Waals surface area contributed by atoms with E-state index >= 15 is 0 Å². The maximum atomic E-state index is 10.8. The van der Waals surface area contributed by atoms with Crippen LogP contribution in [0.5, 0.6) is 0 Å². The van der Waals surface area contributed by atoms with Crippen molar-refractivity contribution in [3.05, 3.63) is 28.8 Å². The number of carboxylic acid groups (broad SMARTS) is 1. The molecule has 5 heteroatoms. The molecule has 0 spiro atoms. The average molecular weight is 258 g/mol. The Morgan fingerprint density at radius 2 is 2.24 bits per heavy atom. The number of benzene rings is 1. The van der Waals surface area contributed by atoms with E-state index in [9.17, 15) is 4.79 Å². The number of anilines is 1. The topological polar surface area (TPSA) is 49.8 Å². The summed E-state index contributed by atoms with van der Waals surface area (Å²) in [7, 11) is 1.64. The lowest BCUT2D eigenvalue weighted by atomic mass is 10.2. The second-order valence-corrected chi connectivity index (χ2v) is 3.95. The number of carbonyl (C=O) groups is 1. The van der Waals surface area contributed by atoms with Crippen molar-refractivity contribution in [1.82, 2.24) is 0 Å². The van der Waals surface area contributed by atoms with Gasteiger partial charge in [0, 0.05) is 20.2 Å². The molecule has 1 rings (SSSR count). The molecule has 1 N–H and O–H groups in total. The molecule has 94 valence electrons. The molecular weight excluding hydrogens is 242 g/mol. The molecule has 0 radical (unpaired) electrons. The highest BCUT2D eigenvalue weighted by Crippen LogP contribution is 2.26. The lowest BCUT2D eigenvalue weighted by Crippen LogP contribution is -2.27. The summed E-state index contributed by atoms with van der Waals surface area (Å²) >= 11 is 6.08. The van der Waals surface area contributed by atoms with Gasteiger partial charge in [0.05, 0.1) is 22.9 Å². The van der Waals surface area contributed by atoms with Crippen LogP contribution in [0, 0.1) is 0 Å². The van der Waals surface area contributed by atoms with Gasteiger partial charge in [0.2, 0.25) is 0 Å². The standard InChI is InChI=1S/C12H16ClNO3/c1-3-14(6-7-17-2)11-5-4-9(12(15)16)8-10(11)13/h4-5,8H,3,6-7H2,1-2H3,(H,15,16). The number of halogens is 1. The van der Waals surface area contributed by atoms with Crippen molar-refractivity contribution in [1.29, 1.82) is 0 Å². The summed E-state index contributed by atoms with van der Waals surface area (Å²) in [4.78, 5) is 12.8. The van der Waals surface area contributed by atoms with E-state index in [0.29, 0.717) is 11.6 Å². The molecule has 0 atom stereocenters. The first kappa shape index (κ1) is 13.8. The Labute approximate surface area is 106 Å². The summed E-state index contributed by atoms with van der Waals surface area (Å²) < 4.78 is 5.02. The van der Waals surface area contributed by atoms with Crippen molar-refractivity contribution in [3.63, 3.8) is 0 Å². The maximum Gasteiger partial charge on any atom is 0.335 e. The number of hydrogen-bond donors (Lipinski definition) is 1. The second-order valence-electron chi connectivity index (χ2n) is 3.54. The number of nitrogens with zero attached hydrogens (tertiary/aromatic N) is 1. The smallest absolute Gasteiger partial charge is 0.335 e. The van der Waals surface area contributed by atoms with Gasteiger partial charge in [0.25, 0.3) is 0 Å². The van der Waals surface area contributed by atoms with E-state index in [1.165, 1.54) is 6.07 Å². The van der Waals surface area contributed by atoms with Gasteiger partial charge in [-0.25, -0.2) is 4.79 Å². The fourth-order valence-corrected chi connectivity index (χ4v) is 1.85. The zero-order valence-corrected chi connectivity index (χ0v) is 10.7. The summed E-state index contributed by atoms with van der Waals surface area (Å²) in [6.45, 7) is 4.12. The third kappa shape index (κ3) is 3.61. The normalized spacial score (nSPS) is 10.3. The van der Waals surface area contributed by atoms with Crippen LogP contribution in [0.25, 0.3) is 0 Å². The summed E-state index contributed by atoms with van der Waals surface area (Å²) in [6, 6.07) is 4.75. The predicted molar refractivity (Wildman–Crippen MR) is 68.2 cm³/mol. The second kappa shape index (κ2) is 6.47. The molecule has 0 aliphatic heterocycles. The Morgan fingerprint density at radius 1 is 1.53 bits per heavy atom. The van der Waals surface area contributed by atoms with Crippen molar-refractivity contribution in [2.75, 3.05) is 31.7 Å². The van der Waals surface area contributed by atoms with Crippen molar-refractivity contribution in [3.8, 4) is 0 Å². The Balaban J connectivity index is 2.92. The minimum absolute atomic E-state index is 0.196. The summed E-state index contributed by atoms with van der Waals surface area (Å²) in [5.41, 5.74) is 1.03. The first-order chi connectivity index (χ1) is 8.10. The largest absolute Gasteiger partial charge is 0.478 e. The lowest BCUT2D eigenvalue weighted by molar-refractivity contribution is 0.0697. The van der Waals surface area contributed by atoms with Crippen LogP contribution < -0.4 is 4.90 Å². The van der Waals surface area contributed by atoms with E-state index < -0.39 is 5.97 Å². The Kier molecular flexibility index (Phi) is 5.25. The van der Waals surface area contributed by atoms with Gasteiger partial charge in [-0.2, -0.15) is 0 Å².